The Kier molecular flexibility index (Phi) is 4.47. The Morgan fingerprint density at radius 3 is 2.19 bits per heavy atom. The Bertz CT molecular complexity index is 373. The van der Waals surface area contributed by atoms with Crippen molar-refractivity contribution in [2.45, 2.75) is 13.0 Å². The van der Waals surface area contributed by atoms with Gasteiger partial charge >= 0.3 is 0 Å². The zero-order valence-electron chi connectivity index (χ0n) is 8.90. The Balaban J connectivity index is 2.46. The molecule has 1 aromatic rings. The van der Waals surface area contributed by atoms with E-state index < -0.39 is 5.91 Å². The number of carbonyl (C=O) groups is 2. The van der Waals surface area contributed by atoms with Gasteiger partial charge < -0.3 is 16.8 Å². The number of primary amides is 1. The molecule has 0 aliphatic rings. The van der Waals surface area contributed by atoms with E-state index in [2.05, 4.69) is 5.32 Å². The third-order valence-corrected chi connectivity index (χ3v) is 2.08. The molecule has 2 amide bonds. The molecule has 0 radical (unpaired) electrons. The van der Waals surface area contributed by atoms with Gasteiger partial charge in [-0.3, -0.25) is 9.59 Å². The third-order valence-electron chi connectivity index (χ3n) is 2.08. The van der Waals surface area contributed by atoms with E-state index in [4.69, 9.17) is 11.5 Å². The van der Waals surface area contributed by atoms with Gasteiger partial charge in [0.25, 0.3) is 0 Å². The molecule has 0 spiro atoms. The first-order valence-corrected chi connectivity index (χ1v) is 4.94. The van der Waals surface area contributed by atoms with Crippen LogP contribution in [0.2, 0.25) is 0 Å². The van der Waals surface area contributed by atoms with Crippen molar-refractivity contribution in [1.82, 2.24) is 5.32 Å². The van der Waals surface area contributed by atoms with Crippen LogP contribution in [0.1, 0.15) is 11.1 Å². The van der Waals surface area contributed by atoms with Crippen molar-refractivity contribution in [2.75, 3.05) is 6.54 Å². The van der Waals surface area contributed by atoms with Gasteiger partial charge in [-0.2, -0.15) is 0 Å². The minimum Gasteiger partial charge on any atom is -0.368 e. The Labute approximate surface area is 93.8 Å². The number of amides is 2. The van der Waals surface area contributed by atoms with Crippen LogP contribution in [0.4, 0.5) is 0 Å². The summed E-state index contributed by atoms with van der Waals surface area (Å²) in [7, 11) is 0. The lowest BCUT2D eigenvalue weighted by Gasteiger charge is -2.03. The van der Waals surface area contributed by atoms with Crippen LogP contribution in [-0.2, 0) is 22.6 Å². The number of carbonyl (C=O) groups excluding carboxylic acids is 2. The maximum absolute atomic E-state index is 11.3. The van der Waals surface area contributed by atoms with E-state index in [1.807, 2.05) is 24.3 Å². The first-order valence-electron chi connectivity index (χ1n) is 4.94. The average molecular weight is 221 g/mol. The zero-order chi connectivity index (χ0) is 12.0. The molecule has 1 rings (SSSR count). The van der Waals surface area contributed by atoms with Crippen LogP contribution in [0.5, 0.6) is 0 Å². The highest BCUT2D eigenvalue weighted by atomic mass is 16.2. The molecule has 0 aliphatic heterocycles. The molecule has 5 N–H and O–H groups in total. The molecule has 0 saturated carbocycles. The van der Waals surface area contributed by atoms with Gasteiger partial charge in [-0.05, 0) is 11.1 Å². The first kappa shape index (κ1) is 12.2. The number of nitrogens with one attached hydrogen (secondary N) is 1. The van der Waals surface area contributed by atoms with E-state index in [1.54, 1.807) is 0 Å². The summed E-state index contributed by atoms with van der Waals surface area (Å²) in [5, 5.41) is 2.42. The minimum atomic E-state index is -0.549. The van der Waals surface area contributed by atoms with Crippen molar-refractivity contribution in [2.24, 2.45) is 11.5 Å². The average Bonchev–Trinajstić information content (AvgIpc) is 2.27. The third kappa shape index (κ3) is 4.10. The number of hydrogen-bond donors (Lipinski definition) is 3. The van der Waals surface area contributed by atoms with Gasteiger partial charge in [-0.25, -0.2) is 0 Å². The lowest BCUT2D eigenvalue weighted by molar-refractivity contribution is -0.124. The summed E-state index contributed by atoms with van der Waals surface area (Å²) in [6.45, 7) is 0.355. The van der Waals surface area contributed by atoms with Crippen LogP contribution >= 0.6 is 0 Å². The molecule has 0 bridgehead atoms. The molecule has 5 nitrogen and oxygen atoms in total. The largest absolute Gasteiger partial charge is 0.368 e. The summed E-state index contributed by atoms with van der Waals surface area (Å²) >= 11 is 0. The zero-order valence-corrected chi connectivity index (χ0v) is 8.90. The van der Waals surface area contributed by atoms with Crippen LogP contribution in [0.15, 0.2) is 24.3 Å². The van der Waals surface area contributed by atoms with Crippen molar-refractivity contribution in [1.29, 1.82) is 0 Å². The Morgan fingerprint density at radius 2 is 1.69 bits per heavy atom. The standard InChI is InChI=1S/C11H15N3O2/c12-6-9-3-1-8(2-4-9)5-11(16)14-7-10(13)15/h1-4H,5-7,12H2,(H2,13,15)(H,14,16). The molecular weight excluding hydrogens is 206 g/mol. The van der Waals surface area contributed by atoms with Crippen LogP contribution in [-0.4, -0.2) is 18.4 Å². The van der Waals surface area contributed by atoms with Crippen molar-refractivity contribution in [3.05, 3.63) is 35.4 Å². The smallest absolute Gasteiger partial charge is 0.236 e. The van der Waals surface area contributed by atoms with Gasteiger partial charge in [0, 0.05) is 6.54 Å². The predicted octanol–water partition coefficient (Wildman–Crippen LogP) is -0.711. The molecule has 0 heterocycles. The molecule has 5 heteroatoms. The Hall–Kier alpha value is -1.88. The summed E-state index contributed by atoms with van der Waals surface area (Å²) < 4.78 is 0. The summed E-state index contributed by atoms with van der Waals surface area (Å²) in [5.41, 5.74) is 12.2. The molecule has 0 fully saturated rings. The molecule has 0 unspecified atom stereocenters. The van der Waals surface area contributed by atoms with E-state index in [1.165, 1.54) is 0 Å². The molecule has 0 aliphatic carbocycles. The summed E-state index contributed by atoms with van der Waals surface area (Å²) in [6.07, 6.45) is 0.234. The Morgan fingerprint density at radius 1 is 1.12 bits per heavy atom. The van der Waals surface area contributed by atoms with Crippen molar-refractivity contribution in [3.63, 3.8) is 0 Å². The molecule has 16 heavy (non-hydrogen) atoms. The second-order valence-corrected chi connectivity index (χ2v) is 3.44. The van der Waals surface area contributed by atoms with Gasteiger partial charge in [0.2, 0.25) is 11.8 Å². The van der Waals surface area contributed by atoms with Gasteiger partial charge in [-0.15, -0.1) is 0 Å². The lowest BCUT2D eigenvalue weighted by Crippen LogP contribution is -2.34. The maximum atomic E-state index is 11.3. The second kappa shape index (κ2) is 5.87. The first-order chi connectivity index (χ1) is 7.61. The van der Waals surface area contributed by atoms with Crippen LogP contribution in [0.3, 0.4) is 0 Å². The SMILES string of the molecule is NCc1ccc(CC(=O)NCC(N)=O)cc1. The topological polar surface area (TPSA) is 98.2 Å². The normalized spacial score (nSPS) is 9.81. The van der Waals surface area contributed by atoms with E-state index in [-0.39, 0.29) is 18.9 Å². The fraction of sp³-hybridized carbons (Fsp3) is 0.273. The highest BCUT2D eigenvalue weighted by molar-refractivity contribution is 5.84. The highest BCUT2D eigenvalue weighted by Crippen LogP contribution is 2.04. The fourth-order valence-corrected chi connectivity index (χ4v) is 1.23. The number of nitrogens with two attached hydrogens (primary N) is 2. The van der Waals surface area contributed by atoms with Gasteiger partial charge in [-0.1, -0.05) is 24.3 Å². The van der Waals surface area contributed by atoms with E-state index in [0.29, 0.717) is 6.54 Å². The van der Waals surface area contributed by atoms with Crippen molar-refractivity contribution < 1.29 is 9.59 Å². The number of rotatable bonds is 5. The quantitative estimate of drug-likeness (QED) is 0.612. The summed E-state index contributed by atoms with van der Waals surface area (Å²) in [5.74, 6) is -0.772. The van der Waals surface area contributed by atoms with E-state index in [9.17, 15) is 9.59 Å². The summed E-state index contributed by atoms with van der Waals surface area (Å²) in [6, 6.07) is 7.42. The molecular formula is C11H15N3O2. The van der Waals surface area contributed by atoms with Gasteiger partial charge in [0.1, 0.15) is 0 Å². The van der Waals surface area contributed by atoms with E-state index in [0.717, 1.165) is 11.1 Å². The molecule has 0 saturated heterocycles. The molecule has 0 atom stereocenters. The molecule has 1 aromatic carbocycles. The number of hydrogen-bond acceptors (Lipinski definition) is 3. The van der Waals surface area contributed by atoms with Crippen molar-refractivity contribution >= 4 is 11.8 Å². The molecule has 0 aromatic heterocycles. The van der Waals surface area contributed by atoms with E-state index >= 15 is 0 Å². The van der Waals surface area contributed by atoms with Crippen LogP contribution < -0.4 is 16.8 Å². The minimum absolute atomic E-state index is 0.125. The maximum Gasteiger partial charge on any atom is 0.236 e. The second-order valence-electron chi connectivity index (χ2n) is 3.44. The fourth-order valence-electron chi connectivity index (χ4n) is 1.23. The highest BCUT2D eigenvalue weighted by Gasteiger charge is 2.04. The predicted molar refractivity (Wildman–Crippen MR) is 60.2 cm³/mol. The summed E-state index contributed by atoms with van der Waals surface area (Å²) in [4.78, 5) is 21.8. The van der Waals surface area contributed by atoms with Crippen LogP contribution in [0, 0.1) is 0 Å². The van der Waals surface area contributed by atoms with Crippen LogP contribution in [0.25, 0.3) is 0 Å². The monoisotopic (exact) mass is 221 g/mol. The van der Waals surface area contributed by atoms with Gasteiger partial charge in [0.05, 0.1) is 13.0 Å². The number of benzene rings is 1. The van der Waals surface area contributed by atoms with Crippen molar-refractivity contribution in [3.8, 4) is 0 Å². The molecule has 86 valence electrons. The van der Waals surface area contributed by atoms with Gasteiger partial charge in [0.15, 0.2) is 0 Å². The lowest BCUT2D eigenvalue weighted by atomic mass is 10.1.